The van der Waals surface area contributed by atoms with Crippen molar-refractivity contribution < 1.29 is 23.1 Å². The quantitative estimate of drug-likeness (QED) is 0.480. The van der Waals surface area contributed by atoms with Gasteiger partial charge in [0.1, 0.15) is 11.9 Å². The lowest BCUT2D eigenvalue weighted by Crippen LogP contribution is -2.20. The van der Waals surface area contributed by atoms with Gasteiger partial charge >= 0.3 is 0 Å². The van der Waals surface area contributed by atoms with Gasteiger partial charge in [0.15, 0.2) is 17.2 Å². The van der Waals surface area contributed by atoms with Crippen LogP contribution in [0.15, 0.2) is 53.3 Å². The maximum Gasteiger partial charge on any atom is 0.278 e. The highest BCUT2D eigenvalue weighted by Gasteiger charge is 2.26. The molecular weight excluding hydrogens is 403 g/mol. The fraction of sp³-hybridized carbons (Fsp3) is 0.227. The molecule has 31 heavy (non-hydrogen) atoms. The van der Waals surface area contributed by atoms with Gasteiger partial charge in [0.2, 0.25) is 5.82 Å². The van der Waals surface area contributed by atoms with E-state index in [1.807, 2.05) is 10.6 Å². The summed E-state index contributed by atoms with van der Waals surface area (Å²) in [6.07, 6.45) is 1.55. The second-order valence-electron chi connectivity index (χ2n) is 7.04. The Bertz CT molecular complexity index is 1220. The van der Waals surface area contributed by atoms with Crippen LogP contribution in [0, 0.1) is 5.82 Å². The zero-order valence-corrected chi connectivity index (χ0v) is 16.9. The number of ether oxygens (including phenoxy) is 3. The van der Waals surface area contributed by atoms with Gasteiger partial charge in [0.05, 0.1) is 39.4 Å². The summed E-state index contributed by atoms with van der Waals surface area (Å²) in [5.41, 5.74) is 3.07. The lowest BCUT2D eigenvalue weighted by Gasteiger charge is -2.25. The van der Waals surface area contributed by atoms with E-state index in [4.69, 9.17) is 18.7 Å². The number of imidazole rings is 1. The van der Waals surface area contributed by atoms with Crippen LogP contribution in [0.1, 0.15) is 17.4 Å². The largest absolute Gasteiger partial charge is 0.493 e. The van der Waals surface area contributed by atoms with E-state index in [0.717, 1.165) is 16.8 Å². The Morgan fingerprint density at radius 1 is 1.06 bits per heavy atom. The molecule has 158 valence electrons. The monoisotopic (exact) mass is 422 g/mol. The van der Waals surface area contributed by atoms with Crippen molar-refractivity contribution in [3.8, 4) is 34.5 Å². The first-order valence-corrected chi connectivity index (χ1v) is 9.64. The van der Waals surface area contributed by atoms with E-state index < -0.39 is 0 Å². The summed E-state index contributed by atoms with van der Waals surface area (Å²) in [6, 6.07) is 11.7. The zero-order valence-electron chi connectivity index (χ0n) is 16.9. The topological polar surface area (TPSA) is 84.4 Å². The molecule has 1 atom stereocenters. The van der Waals surface area contributed by atoms with E-state index in [0.29, 0.717) is 42.1 Å². The maximum atomic E-state index is 13.2. The molecule has 0 saturated heterocycles. The van der Waals surface area contributed by atoms with Crippen molar-refractivity contribution in [2.45, 2.75) is 19.3 Å². The zero-order chi connectivity index (χ0) is 21.4. The van der Waals surface area contributed by atoms with Crippen LogP contribution in [0.4, 0.5) is 4.39 Å². The van der Waals surface area contributed by atoms with Gasteiger partial charge in [-0.3, -0.25) is 0 Å². The van der Waals surface area contributed by atoms with Crippen LogP contribution < -0.4 is 9.47 Å². The molecule has 0 radical (unpaired) electrons. The molecule has 1 aliphatic heterocycles. The third kappa shape index (κ3) is 3.53. The van der Waals surface area contributed by atoms with Crippen molar-refractivity contribution >= 4 is 0 Å². The fourth-order valence-corrected chi connectivity index (χ4v) is 3.60. The highest BCUT2D eigenvalue weighted by Crippen LogP contribution is 2.34. The molecule has 0 amide bonds. The number of methoxy groups -OCH3 is 2. The van der Waals surface area contributed by atoms with Gasteiger partial charge < -0.3 is 23.3 Å². The summed E-state index contributed by atoms with van der Waals surface area (Å²) in [7, 11) is 3.15. The Kier molecular flexibility index (Phi) is 4.87. The molecule has 0 fully saturated rings. The molecule has 1 unspecified atom stereocenters. The molecule has 0 N–H and O–H groups in total. The fourth-order valence-electron chi connectivity index (χ4n) is 3.60. The molecule has 1 aliphatic rings. The SMILES string of the molecule is COc1ccc(-c2noc(-c3ncn4c3COC(c3ccc(F)cc3)C4)n2)cc1OC. The van der Waals surface area contributed by atoms with Gasteiger partial charge in [0, 0.05) is 5.56 Å². The predicted octanol–water partition coefficient (Wildman–Crippen LogP) is 4.03. The average molecular weight is 422 g/mol. The molecule has 0 aliphatic carbocycles. The lowest BCUT2D eigenvalue weighted by atomic mass is 10.1. The molecule has 2 aromatic heterocycles. The van der Waals surface area contributed by atoms with E-state index in [1.165, 1.54) is 12.1 Å². The summed E-state index contributed by atoms with van der Waals surface area (Å²) >= 11 is 0. The summed E-state index contributed by atoms with van der Waals surface area (Å²) in [4.78, 5) is 8.96. The highest BCUT2D eigenvalue weighted by molar-refractivity contribution is 5.63. The molecule has 9 heteroatoms. The molecular formula is C22H19FN4O4. The smallest absolute Gasteiger partial charge is 0.278 e. The second-order valence-corrected chi connectivity index (χ2v) is 7.04. The first-order valence-electron chi connectivity index (χ1n) is 9.64. The van der Waals surface area contributed by atoms with Crippen LogP contribution >= 0.6 is 0 Å². The van der Waals surface area contributed by atoms with Crippen LogP contribution in [-0.2, 0) is 17.9 Å². The number of rotatable bonds is 5. The van der Waals surface area contributed by atoms with Crippen molar-refractivity contribution in [3.63, 3.8) is 0 Å². The van der Waals surface area contributed by atoms with Crippen molar-refractivity contribution in [2.24, 2.45) is 0 Å². The van der Waals surface area contributed by atoms with Gasteiger partial charge in [-0.2, -0.15) is 4.98 Å². The molecule has 3 heterocycles. The van der Waals surface area contributed by atoms with E-state index in [9.17, 15) is 4.39 Å². The number of aromatic nitrogens is 4. The van der Waals surface area contributed by atoms with Crippen molar-refractivity contribution in [1.29, 1.82) is 0 Å². The van der Waals surface area contributed by atoms with E-state index in [-0.39, 0.29) is 11.9 Å². The van der Waals surface area contributed by atoms with Crippen LogP contribution in [0.5, 0.6) is 11.5 Å². The highest BCUT2D eigenvalue weighted by atomic mass is 19.1. The molecule has 0 spiro atoms. The summed E-state index contributed by atoms with van der Waals surface area (Å²) in [5.74, 6) is 1.64. The molecule has 4 aromatic rings. The minimum atomic E-state index is -0.271. The van der Waals surface area contributed by atoms with Gasteiger partial charge in [-0.1, -0.05) is 17.3 Å². The number of benzene rings is 2. The molecule has 0 bridgehead atoms. The Labute approximate surface area is 177 Å². The van der Waals surface area contributed by atoms with E-state index in [2.05, 4.69) is 15.1 Å². The number of fused-ring (bicyclic) bond motifs is 1. The Morgan fingerprint density at radius 2 is 1.87 bits per heavy atom. The minimum absolute atomic E-state index is 0.180. The Hall–Kier alpha value is -3.72. The number of hydrogen-bond donors (Lipinski definition) is 0. The lowest BCUT2D eigenvalue weighted by molar-refractivity contribution is 0.00326. The maximum absolute atomic E-state index is 13.2. The standard InChI is InChI=1S/C22H19FN4O4/c1-28-17-8-5-14(9-18(17)29-2)21-25-22(31-26-21)20-16-11-30-19(10-27(16)12-24-20)13-3-6-15(23)7-4-13/h3-9,12,19H,10-11H2,1-2H3. The van der Waals surface area contributed by atoms with Gasteiger partial charge in [-0.05, 0) is 35.9 Å². The third-order valence-electron chi connectivity index (χ3n) is 5.24. The van der Waals surface area contributed by atoms with Crippen LogP contribution in [0.2, 0.25) is 0 Å². The summed E-state index contributed by atoms with van der Waals surface area (Å²) in [5, 5.41) is 4.08. The van der Waals surface area contributed by atoms with Crippen LogP contribution in [-0.4, -0.2) is 33.9 Å². The van der Waals surface area contributed by atoms with Crippen molar-refractivity contribution in [2.75, 3.05) is 14.2 Å². The predicted molar refractivity (Wildman–Crippen MR) is 108 cm³/mol. The molecule has 8 nitrogen and oxygen atoms in total. The summed E-state index contributed by atoms with van der Waals surface area (Å²) < 4.78 is 37.3. The van der Waals surface area contributed by atoms with Crippen LogP contribution in [0.3, 0.4) is 0 Å². The number of halogens is 1. The number of hydrogen-bond acceptors (Lipinski definition) is 7. The first-order chi connectivity index (χ1) is 15.2. The molecule has 2 aromatic carbocycles. The molecule has 5 rings (SSSR count). The molecule has 0 saturated carbocycles. The first kappa shape index (κ1) is 19.3. The minimum Gasteiger partial charge on any atom is -0.493 e. The second kappa shape index (κ2) is 7.84. The van der Waals surface area contributed by atoms with Crippen LogP contribution in [0.25, 0.3) is 23.0 Å². The third-order valence-corrected chi connectivity index (χ3v) is 5.24. The van der Waals surface area contributed by atoms with Gasteiger partial charge in [-0.15, -0.1) is 0 Å². The van der Waals surface area contributed by atoms with Crippen molar-refractivity contribution in [1.82, 2.24) is 19.7 Å². The Balaban J connectivity index is 1.40. The van der Waals surface area contributed by atoms with Gasteiger partial charge in [-0.25, -0.2) is 9.37 Å². The van der Waals surface area contributed by atoms with E-state index in [1.54, 1.807) is 44.8 Å². The Morgan fingerprint density at radius 3 is 2.65 bits per heavy atom. The number of nitrogens with zero attached hydrogens (tertiary/aromatic N) is 4. The summed E-state index contributed by atoms with van der Waals surface area (Å²) in [6.45, 7) is 0.885. The van der Waals surface area contributed by atoms with Crippen molar-refractivity contribution in [3.05, 3.63) is 65.9 Å². The van der Waals surface area contributed by atoms with Gasteiger partial charge in [0.25, 0.3) is 5.89 Å². The van der Waals surface area contributed by atoms with E-state index >= 15 is 0 Å². The average Bonchev–Trinajstić information content (AvgIpc) is 3.45. The normalized spacial score (nSPS) is 15.5.